The summed E-state index contributed by atoms with van der Waals surface area (Å²) in [5, 5.41) is 19.3. The molecule has 0 nitrogen and oxygen atoms in total. The van der Waals surface area contributed by atoms with Gasteiger partial charge in [-0.25, -0.2) is 0 Å². The lowest BCUT2D eigenvalue weighted by atomic mass is 9.93. The third kappa shape index (κ3) is 5.05. The average Bonchev–Trinajstić information content (AvgIpc) is 3.21. The third-order valence-corrected chi connectivity index (χ3v) is 10.9. The largest absolute Gasteiger partial charge is 0.0616 e. The molecule has 0 saturated heterocycles. The van der Waals surface area contributed by atoms with E-state index in [0.29, 0.717) is 0 Å². The van der Waals surface area contributed by atoms with Gasteiger partial charge < -0.3 is 0 Å². The molecule has 0 saturated carbocycles. The van der Waals surface area contributed by atoms with E-state index in [1.165, 1.54) is 64.6 Å². The Morgan fingerprint density at radius 2 is 0.500 bits per heavy atom. The van der Waals surface area contributed by atoms with Crippen molar-refractivity contribution in [1.82, 2.24) is 0 Å². The Morgan fingerprint density at radius 1 is 0.204 bits per heavy atom. The summed E-state index contributed by atoms with van der Waals surface area (Å²) in [6.07, 6.45) is 0. The summed E-state index contributed by atoms with van der Waals surface area (Å²) in [6.45, 7) is 0. The van der Waals surface area contributed by atoms with Crippen LogP contribution in [0.15, 0.2) is 182 Å². The lowest BCUT2D eigenvalue weighted by molar-refractivity contribution is 1.58. The lowest BCUT2D eigenvalue weighted by Crippen LogP contribution is -1.88. The van der Waals surface area contributed by atoms with E-state index in [1.807, 2.05) is 0 Å². The molecule has 0 N–H and O–H groups in total. The van der Waals surface area contributed by atoms with Gasteiger partial charge in [-0.05, 0) is 159 Å². The SMILES string of the molecule is C(#Cc1c2ccccc2cc2cc3cc4ccccc4cc3cc12)c1ccccc1C#Cc1c2ccccc2cc2cc3cc4ccccc4cc3cc12. The van der Waals surface area contributed by atoms with Gasteiger partial charge in [0.2, 0.25) is 0 Å². The van der Waals surface area contributed by atoms with Crippen molar-refractivity contribution in [1.29, 1.82) is 0 Å². The first kappa shape index (κ1) is 30.3. The van der Waals surface area contributed by atoms with Crippen molar-refractivity contribution in [3.8, 4) is 23.7 Å². The molecule has 0 aliphatic rings. The smallest absolute Gasteiger partial charge is 0.0406 e. The number of rotatable bonds is 0. The summed E-state index contributed by atoms with van der Waals surface area (Å²) in [4.78, 5) is 0. The van der Waals surface area contributed by atoms with Crippen LogP contribution < -0.4 is 0 Å². The number of hydrogen-bond donors (Lipinski definition) is 0. The van der Waals surface area contributed by atoms with Crippen LogP contribution in [0.25, 0.3) is 86.2 Å². The van der Waals surface area contributed by atoms with E-state index in [9.17, 15) is 0 Å². The molecule has 11 aromatic carbocycles. The van der Waals surface area contributed by atoms with E-state index in [1.54, 1.807) is 0 Å². The van der Waals surface area contributed by atoms with Gasteiger partial charge in [-0.2, -0.15) is 0 Å². The van der Waals surface area contributed by atoms with Crippen molar-refractivity contribution in [3.05, 3.63) is 204 Å². The third-order valence-electron chi connectivity index (χ3n) is 10.9. The first-order valence-electron chi connectivity index (χ1n) is 18.4. The van der Waals surface area contributed by atoms with Gasteiger partial charge in [0.05, 0.1) is 0 Å². The summed E-state index contributed by atoms with van der Waals surface area (Å²) in [5.74, 6) is 14.5. The maximum Gasteiger partial charge on any atom is 0.0406 e. The van der Waals surface area contributed by atoms with Crippen LogP contribution >= 0.6 is 0 Å². The van der Waals surface area contributed by atoms with Gasteiger partial charge >= 0.3 is 0 Å². The molecule has 0 fully saturated rings. The molecule has 0 amide bonds. The minimum Gasteiger partial charge on any atom is -0.0616 e. The van der Waals surface area contributed by atoms with Crippen LogP contribution in [0.2, 0.25) is 0 Å². The molecular formula is C54H30. The average molecular weight is 679 g/mol. The maximum absolute atomic E-state index is 3.66. The second-order valence-electron chi connectivity index (χ2n) is 14.2. The molecule has 0 aromatic heterocycles. The highest BCUT2D eigenvalue weighted by atomic mass is 14.1. The van der Waals surface area contributed by atoms with Crippen molar-refractivity contribution in [3.63, 3.8) is 0 Å². The Hall–Kier alpha value is -7.38. The van der Waals surface area contributed by atoms with E-state index in [4.69, 9.17) is 0 Å². The monoisotopic (exact) mass is 678 g/mol. The van der Waals surface area contributed by atoms with Crippen LogP contribution in [0, 0.1) is 23.7 Å². The van der Waals surface area contributed by atoms with Gasteiger partial charge in [0.25, 0.3) is 0 Å². The molecule has 0 heteroatoms. The van der Waals surface area contributed by atoms with Gasteiger partial charge in [-0.3, -0.25) is 0 Å². The molecule has 246 valence electrons. The Kier molecular flexibility index (Phi) is 6.78. The van der Waals surface area contributed by atoms with Gasteiger partial charge in [-0.1, -0.05) is 133 Å². The van der Waals surface area contributed by atoms with Crippen molar-refractivity contribution < 1.29 is 0 Å². The van der Waals surface area contributed by atoms with Gasteiger partial charge in [0, 0.05) is 22.3 Å². The van der Waals surface area contributed by atoms with Crippen molar-refractivity contribution in [2.75, 3.05) is 0 Å². The quantitative estimate of drug-likeness (QED) is 0.111. The minimum absolute atomic E-state index is 0.916. The van der Waals surface area contributed by atoms with Gasteiger partial charge in [0.15, 0.2) is 0 Å². The molecule has 54 heavy (non-hydrogen) atoms. The van der Waals surface area contributed by atoms with Crippen molar-refractivity contribution >= 4 is 86.2 Å². The maximum atomic E-state index is 3.66. The van der Waals surface area contributed by atoms with Crippen LogP contribution in [-0.4, -0.2) is 0 Å². The normalized spacial score (nSPS) is 11.4. The highest BCUT2D eigenvalue weighted by molar-refractivity contribution is 6.13. The molecule has 0 aliphatic carbocycles. The van der Waals surface area contributed by atoms with Crippen molar-refractivity contribution in [2.45, 2.75) is 0 Å². The highest BCUT2D eigenvalue weighted by Crippen LogP contribution is 2.35. The van der Waals surface area contributed by atoms with Crippen LogP contribution in [0.1, 0.15) is 22.3 Å². The van der Waals surface area contributed by atoms with E-state index in [0.717, 1.165) is 43.8 Å². The topological polar surface area (TPSA) is 0 Å². The molecule has 0 radical (unpaired) electrons. The number of hydrogen-bond acceptors (Lipinski definition) is 0. The summed E-state index contributed by atoms with van der Waals surface area (Å²) >= 11 is 0. The molecule has 0 atom stereocenters. The molecule has 11 aromatic rings. The number of fused-ring (bicyclic) bond motifs is 8. The molecule has 11 rings (SSSR count). The van der Waals surface area contributed by atoms with E-state index >= 15 is 0 Å². The zero-order valence-electron chi connectivity index (χ0n) is 29.3. The minimum atomic E-state index is 0.916. The fourth-order valence-corrected chi connectivity index (χ4v) is 8.25. The van der Waals surface area contributed by atoms with Gasteiger partial charge in [-0.15, -0.1) is 0 Å². The molecule has 0 heterocycles. The van der Waals surface area contributed by atoms with Crippen LogP contribution in [-0.2, 0) is 0 Å². The predicted molar refractivity (Wildman–Crippen MR) is 231 cm³/mol. The van der Waals surface area contributed by atoms with Crippen LogP contribution in [0.4, 0.5) is 0 Å². The first-order valence-corrected chi connectivity index (χ1v) is 18.4. The van der Waals surface area contributed by atoms with E-state index in [2.05, 4.69) is 206 Å². The fourth-order valence-electron chi connectivity index (χ4n) is 8.25. The Bertz CT molecular complexity index is 3270. The molecule has 0 aliphatic heterocycles. The van der Waals surface area contributed by atoms with Crippen LogP contribution in [0.3, 0.4) is 0 Å². The molecule has 0 bridgehead atoms. The summed E-state index contributed by atoms with van der Waals surface area (Å²) < 4.78 is 0. The Morgan fingerprint density at radius 3 is 0.907 bits per heavy atom. The summed E-state index contributed by atoms with van der Waals surface area (Å²) in [5.41, 5.74) is 3.92. The Labute approximate surface area is 312 Å². The zero-order chi connectivity index (χ0) is 35.6. The van der Waals surface area contributed by atoms with E-state index < -0.39 is 0 Å². The van der Waals surface area contributed by atoms with Crippen molar-refractivity contribution in [2.24, 2.45) is 0 Å². The fraction of sp³-hybridized carbons (Fsp3) is 0. The molecule has 0 spiro atoms. The molecule has 0 unspecified atom stereocenters. The second-order valence-corrected chi connectivity index (χ2v) is 14.2. The number of benzene rings is 11. The zero-order valence-corrected chi connectivity index (χ0v) is 29.3. The Balaban J connectivity index is 1.09. The van der Waals surface area contributed by atoms with Crippen LogP contribution in [0.5, 0.6) is 0 Å². The lowest BCUT2D eigenvalue weighted by Gasteiger charge is -2.10. The second kappa shape index (κ2) is 12.1. The predicted octanol–water partition coefficient (Wildman–Crippen LogP) is 13.7. The standard InChI is InChI=1S/C54H30/c1-2-12-36(22-24-52-50-20-10-8-18-42(50)30-48-32-44-26-38-14-4-6-16-40(38)28-46(44)34-54(48)52)35(11-1)21-23-51-49-19-9-7-17-41(49)29-47-31-43-25-37-13-3-5-15-39(37)27-45(43)33-53(47)51/h1-20,25-34H. The van der Waals surface area contributed by atoms with E-state index in [-0.39, 0.29) is 0 Å². The molecular weight excluding hydrogens is 649 g/mol. The summed E-state index contributed by atoms with van der Waals surface area (Å²) in [7, 11) is 0. The summed E-state index contributed by atoms with van der Waals surface area (Å²) in [6, 6.07) is 65.6. The first-order chi connectivity index (χ1) is 26.7. The van der Waals surface area contributed by atoms with Gasteiger partial charge in [0.1, 0.15) is 0 Å². The highest BCUT2D eigenvalue weighted by Gasteiger charge is 2.11.